The summed E-state index contributed by atoms with van der Waals surface area (Å²) in [6.07, 6.45) is 2.12. The maximum atomic E-state index is 6.25. The van der Waals surface area contributed by atoms with Gasteiger partial charge in [0.15, 0.2) is 0 Å². The molecule has 2 rings (SSSR count). The van der Waals surface area contributed by atoms with Crippen molar-refractivity contribution in [1.82, 2.24) is 10.2 Å². The van der Waals surface area contributed by atoms with Gasteiger partial charge in [0.2, 0.25) is 0 Å². The van der Waals surface area contributed by atoms with E-state index in [0.717, 1.165) is 37.5 Å². The number of piperazine rings is 1. The number of rotatable bonds is 4. The monoisotopic (exact) mass is 314 g/mol. The Balaban J connectivity index is 1.98. The Bertz CT molecular complexity index is 464. The van der Waals surface area contributed by atoms with Gasteiger partial charge in [0, 0.05) is 41.3 Å². The van der Waals surface area contributed by atoms with Gasteiger partial charge in [0.05, 0.1) is 0 Å². The number of benzene rings is 1. The largest absolute Gasteiger partial charge is 0.309 e. The third-order valence-electron chi connectivity index (χ3n) is 4.46. The molecule has 1 N–H and O–H groups in total. The van der Waals surface area contributed by atoms with Crippen molar-refractivity contribution in [2.75, 3.05) is 19.6 Å². The SMILES string of the molecule is CCC1(C)CN(CCc2ccc(Cl)cc2Cl)C(C)CN1. The molecule has 0 spiro atoms. The summed E-state index contributed by atoms with van der Waals surface area (Å²) in [4.78, 5) is 2.56. The number of hydrogen-bond donors (Lipinski definition) is 1. The average molecular weight is 315 g/mol. The highest BCUT2D eigenvalue weighted by molar-refractivity contribution is 6.35. The lowest BCUT2D eigenvalue weighted by molar-refractivity contribution is 0.0944. The summed E-state index contributed by atoms with van der Waals surface area (Å²) in [6.45, 7) is 10.0. The fourth-order valence-corrected chi connectivity index (χ4v) is 3.21. The van der Waals surface area contributed by atoms with E-state index < -0.39 is 0 Å². The van der Waals surface area contributed by atoms with Gasteiger partial charge in [0.1, 0.15) is 0 Å². The molecule has 0 aliphatic carbocycles. The quantitative estimate of drug-likeness (QED) is 0.903. The highest BCUT2D eigenvalue weighted by Crippen LogP contribution is 2.23. The van der Waals surface area contributed by atoms with E-state index in [-0.39, 0.29) is 5.54 Å². The van der Waals surface area contributed by atoms with Crippen molar-refractivity contribution in [3.63, 3.8) is 0 Å². The molecule has 1 aliphatic heterocycles. The van der Waals surface area contributed by atoms with Gasteiger partial charge in [-0.2, -0.15) is 0 Å². The minimum Gasteiger partial charge on any atom is -0.309 e. The van der Waals surface area contributed by atoms with Gasteiger partial charge in [-0.1, -0.05) is 36.2 Å². The molecule has 0 amide bonds. The zero-order valence-corrected chi connectivity index (χ0v) is 14.1. The Labute approximate surface area is 132 Å². The van der Waals surface area contributed by atoms with Crippen molar-refractivity contribution in [3.8, 4) is 0 Å². The van der Waals surface area contributed by atoms with Gasteiger partial charge in [-0.25, -0.2) is 0 Å². The molecular weight excluding hydrogens is 291 g/mol. The Morgan fingerprint density at radius 2 is 2.15 bits per heavy atom. The van der Waals surface area contributed by atoms with E-state index in [2.05, 4.69) is 31.0 Å². The zero-order valence-electron chi connectivity index (χ0n) is 12.5. The summed E-state index contributed by atoms with van der Waals surface area (Å²) in [7, 11) is 0. The fraction of sp³-hybridized carbons (Fsp3) is 0.625. The van der Waals surface area contributed by atoms with Crippen LogP contribution in [0.3, 0.4) is 0 Å². The summed E-state index contributed by atoms with van der Waals surface area (Å²) in [5.74, 6) is 0. The van der Waals surface area contributed by atoms with Crippen LogP contribution in [0.4, 0.5) is 0 Å². The molecule has 0 saturated carbocycles. The van der Waals surface area contributed by atoms with Crippen LogP contribution in [-0.4, -0.2) is 36.1 Å². The van der Waals surface area contributed by atoms with Crippen molar-refractivity contribution >= 4 is 23.2 Å². The molecule has 1 heterocycles. The molecule has 4 heteroatoms. The van der Waals surface area contributed by atoms with Crippen molar-refractivity contribution < 1.29 is 0 Å². The van der Waals surface area contributed by atoms with Crippen LogP contribution in [0.1, 0.15) is 32.8 Å². The molecule has 20 heavy (non-hydrogen) atoms. The van der Waals surface area contributed by atoms with Gasteiger partial charge in [-0.3, -0.25) is 4.90 Å². The molecule has 1 saturated heterocycles. The standard InChI is InChI=1S/C16H24Cl2N2/c1-4-16(3)11-20(12(2)10-19-16)8-7-13-5-6-14(17)9-15(13)18/h5-6,9,12,19H,4,7-8,10-11H2,1-3H3. The summed E-state index contributed by atoms with van der Waals surface area (Å²) < 4.78 is 0. The predicted octanol–water partition coefficient (Wildman–Crippen LogP) is 4.00. The van der Waals surface area contributed by atoms with Gasteiger partial charge in [-0.15, -0.1) is 0 Å². The number of nitrogens with zero attached hydrogens (tertiary/aromatic N) is 1. The highest BCUT2D eigenvalue weighted by atomic mass is 35.5. The minimum atomic E-state index is 0.232. The summed E-state index contributed by atoms with van der Waals surface area (Å²) >= 11 is 12.2. The smallest absolute Gasteiger partial charge is 0.0453 e. The van der Waals surface area contributed by atoms with Crippen molar-refractivity contribution in [3.05, 3.63) is 33.8 Å². The maximum Gasteiger partial charge on any atom is 0.0453 e. The lowest BCUT2D eigenvalue weighted by Crippen LogP contribution is -2.62. The summed E-state index contributed by atoms with van der Waals surface area (Å²) in [5, 5.41) is 5.13. The number of hydrogen-bond acceptors (Lipinski definition) is 2. The van der Waals surface area contributed by atoms with Crippen molar-refractivity contribution in [2.45, 2.75) is 45.2 Å². The third kappa shape index (κ3) is 3.88. The fourth-order valence-electron chi connectivity index (χ4n) is 2.71. The first-order valence-corrected chi connectivity index (χ1v) is 8.12. The van der Waals surface area contributed by atoms with Gasteiger partial charge in [0.25, 0.3) is 0 Å². The van der Waals surface area contributed by atoms with Crippen LogP contribution in [0.2, 0.25) is 10.0 Å². The topological polar surface area (TPSA) is 15.3 Å². The second-order valence-corrected chi connectivity index (χ2v) is 6.94. The number of halogens is 2. The molecular formula is C16H24Cl2N2. The third-order valence-corrected chi connectivity index (χ3v) is 5.05. The zero-order chi connectivity index (χ0) is 14.8. The van der Waals surface area contributed by atoms with E-state index in [1.807, 2.05) is 18.2 Å². The van der Waals surface area contributed by atoms with E-state index in [4.69, 9.17) is 23.2 Å². The van der Waals surface area contributed by atoms with Crippen molar-refractivity contribution in [1.29, 1.82) is 0 Å². The molecule has 1 fully saturated rings. The first-order valence-electron chi connectivity index (χ1n) is 7.36. The molecule has 2 nitrogen and oxygen atoms in total. The van der Waals surface area contributed by atoms with Crippen LogP contribution in [0.5, 0.6) is 0 Å². The number of nitrogens with one attached hydrogen (secondary N) is 1. The molecule has 0 aromatic heterocycles. The van der Waals surface area contributed by atoms with Crippen LogP contribution < -0.4 is 5.32 Å². The van der Waals surface area contributed by atoms with E-state index in [1.165, 1.54) is 5.56 Å². The molecule has 2 unspecified atom stereocenters. The first-order chi connectivity index (χ1) is 9.43. The van der Waals surface area contributed by atoms with Crippen LogP contribution in [0.15, 0.2) is 18.2 Å². The Morgan fingerprint density at radius 1 is 1.40 bits per heavy atom. The summed E-state index contributed by atoms with van der Waals surface area (Å²) in [5.41, 5.74) is 1.41. The van der Waals surface area contributed by atoms with Crippen LogP contribution in [0, 0.1) is 0 Å². The molecule has 1 aromatic carbocycles. The molecule has 0 radical (unpaired) electrons. The highest BCUT2D eigenvalue weighted by Gasteiger charge is 2.32. The van der Waals surface area contributed by atoms with Gasteiger partial charge >= 0.3 is 0 Å². The lowest BCUT2D eigenvalue weighted by atomic mass is 9.93. The normalized spacial score (nSPS) is 27.8. The Kier molecular flexibility index (Phi) is 5.36. The molecule has 2 atom stereocenters. The molecule has 112 valence electrons. The predicted molar refractivity (Wildman–Crippen MR) is 87.9 cm³/mol. The van der Waals surface area contributed by atoms with E-state index in [1.54, 1.807) is 0 Å². The van der Waals surface area contributed by atoms with E-state index in [9.17, 15) is 0 Å². The van der Waals surface area contributed by atoms with Crippen LogP contribution in [-0.2, 0) is 6.42 Å². The Morgan fingerprint density at radius 3 is 2.80 bits per heavy atom. The van der Waals surface area contributed by atoms with Crippen molar-refractivity contribution in [2.24, 2.45) is 0 Å². The van der Waals surface area contributed by atoms with E-state index in [0.29, 0.717) is 11.1 Å². The lowest BCUT2D eigenvalue weighted by Gasteiger charge is -2.45. The van der Waals surface area contributed by atoms with Crippen LogP contribution in [0.25, 0.3) is 0 Å². The molecule has 1 aliphatic rings. The van der Waals surface area contributed by atoms with E-state index >= 15 is 0 Å². The molecule has 1 aromatic rings. The summed E-state index contributed by atoms with van der Waals surface area (Å²) in [6, 6.07) is 6.35. The minimum absolute atomic E-state index is 0.232. The first kappa shape index (κ1) is 16.1. The average Bonchev–Trinajstić information content (AvgIpc) is 2.42. The second kappa shape index (κ2) is 6.65. The van der Waals surface area contributed by atoms with Gasteiger partial charge in [-0.05, 0) is 44.4 Å². The maximum absolute atomic E-state index is 6.25. The van der Waals surface area contributed by atoms with Crippen LogP contribution >= 0.6 is 23.2 Å². The Hall–Kier alpha value is -0.280. The molecule has 0 bridgehead atoms. The van der Waals surface area contributed by atoms with Gasteiger partial charge < -0.3 is 5.32 Å². The second-order valence-electron chi connectivity index (χ2n) is 6.10.